The lowest BCUT2D eigenvalue weighted by molar-refractivity contribution is 0.00845. The third-order valence-corrected chi connectivity index (χ3v) is 4.74. The van der Waals surface area contributed by atoms with Crippen LogP contribution in [0.3, 0.4) is 0 Å². The normalized spacial score (nSPS) is 33.2. The Morgan fingerprint density at radius 3 is 2.74 bits per heavy atom. The van der Waals surface area contributed by atoms with Crippen LogP contribution in [0.5, 0.6) is 0 Å². The molecule has 2 bridgehead atoms. The molecule has 1 aromatic heterocycles. The van der Waals surface area contributed by atoms with Crippen molar-refractivity contribution >= 4 is 0 Å². The van der Waals surface area contributed by atoms with Crippen LogP contribution in [0.25, 0.3) is 0 Å². The van der Waals surface area contributed by atoms with E-state index in [1.54, 1.807) is 0 Å². The summed E-state index contributed by atoms with van der Waals surface area (Å²) in [5, 5.41) is 3.42. The fraction of sp³-hybridized carbons (Fsp3) is 0.714. The van der Waals surface area contributed by atoms with E-state index in [2.05, 4.69) is 22.0 Å². The molecule has 1 N–H and O–H groups in total. The number of piperazine rings is 3. The largest absolute Gasteiger partial charge is 0.311 e. The quantitative estimate of drug-likeness (QED) is 0.775. The average Bonchev–Trinajstić information content (AvgIpc) is 2.48. The molecule has 5 heterocycles. The molecule has 0 radical (unpaired) electrons. The molecule has 0 saturated carbocycles. The molecule has 19 heavy (non-hydrogen) atoms. The predicted octanol–water partition coefficient (Wildman–Crippen LogP) is 0.103. The fourth-order valence-electron chi connectivity index (χ4n) is 3.58. The first-order valence-electron chi connectivity index (χ1n) is 7.34. The minimum atomic E-state index is 0.411. The average molecular weight is 259 g/mol. The van der Waals surface area contributed by atoms with Gasteiger partial charge in [0.1, 0.15) is 5.82 Å². The van der Waals surface area contributed by atoms with Crippen molar-refractivity contribution < 1.29 is 0 Å². The molecule has 4 aliphatic heterocycles. The van der Waals surface area contributed by atoms with Crippen LogP contribution in [0.1, 0.15) is 28.8 Å². The first-order chi connectivity index (χ1) is 9.31. The van der Waals surface area contributed by atoms with Crippen molar-refractivity contribution in [2.45, 2.75) is 25.9 Å². The van der Waals surface area contributed by atoms with E-state index in [-0.39, 0.29) is 0 Å². The lowest BCUT2D eigenvalue weighted by Gasteiger charge is -2.46. The van der Waals surface area contributed by atoms with Crippen LogP contribution in [-0.2, 0) is 13.0 Å². The smallest absolute Gasteiger partial charge is 0.147 e. The maximum Gasteiger partial charge on any atom is 0.147 e. The van der Waals surface area contributed by atoms with Crippen molar-refractivity contribution in [1.82, 2.24) is 25.1 Å². The molecule has 5 rings (SSSR count). The molecule has 1 unspecified atom stereocenters. The molecule has 0 aliphatic carbocycles. The van der Waals surface area contributed by atoms with E-state index < -0.39 is 0 Å². The summed E-state index contributed by atoms with van der Waals surface area (Å²) in [6, 6.07) is 0.411. The summed E-state index contributed by atoms with van der Waals surface area (Å²) in [6.07, 6.45) is 1.07. The first-order valence-corrected chi connectivity index (χ1v) is 7.34. The number of nitrogens with zero attached hydrogens (tertiary/aromatic N) is 4. The van der Waals surface area contributed by atoms with E-state index in [4.69, 9.17) is 9.97 Å². The summed E-state index contributed by atoms with van der Waals surface area (Å²) in [4.78, 5) is 14.8. The summed E-state index contributed by atoms with van der Waals surface area (Å²) in [5.41, 5.74) is 3.80. The Kier molecular flexibility index (Phi) is 2.79. The fourth-order valence-corrected chi connectivity index (χ4v) is 3.58. The number of nitrogens with one attached hydrogen (secondary N) is 1. The van der Waals surface area contributed by atoms with Gasteiger partial charge in [0, 0.05) is 45.0 Å². The summed E-state index contributed by atoms with van der Waals surface area (Å²) >= 11 is 0. The molecule has 0 spiro atoms. The highest BCUT2D eigenvalue weighted by molar-refractivity contribution is 5.28. The highest BCUT2D eigenvalue weighted by Gasteiger charge is 2.35. The Morgan fingerprint density at radius 1 is 1.16 bits per heavy atom. The second kappa shape index (κ2) is 4.51. The first kappa shape index (κ1) is 11.8. The van der Waals surface area contributed by atoms with E-state index in [0.29, 0.717) is 6.04 Å². The second-order valence-electron chi connectivity index (χ2n) is 5.87. The standard InChI is InChI=1S/C14H21N5/c1-10-11-2-3-15-8-12(11)17-14(16-10)13-9-18-4-6-19(13)7-5-18/h13,15H,2-9H2,1H3. The van der Waals surface area contributed by atoms with E-state index in [9.17, 15) is 0 Å². The van der Waals surface area contributed by atoms with Crippen LogP contribution in [0.15, 0.2) is 0 Å². The molecule has 0 amide bonds. The Hall–Kier alpha value is -1.04. The Bertz CT molecular complexity index is 493. The zero-order chi connectivity index (χ0) is 12.8. The van der Waals surface area contributed by atoms with Crippen molar-refractivity contribution in [1.29, 1.82) is 0 Å². The number of hydrogen-bond donors (Lipinski definition) is 1. The van der Waals surface area contributed by atoms with Gasteiger partial charge in [-0.05, 0) is 25.5 Å². The summed E-state index contributed by atoms with van der Waals surface area (Å²) in [5.74, 6) is 1.05. The van der Waals surface area contributed by atoms with Gasteiger partial charge in [-0.3, -0.25) is 9.80 Å². The van der Waals surface area contributed by atoms with Crippen LogP contribution in [0, 0.1) is 6.92 Å². The molecule has 4 aliphatic rings. The van der Waals surface area contributed by atoms with Gasteiger partial charge in [0.15, 0.2) is 0 Å². The lowest BCUT2D eigenvalue weighted by atomic mass is 10.0. The number of rotatable bonds is 1. The molecule has 1 atom stereocenters. The third kappa shape index (κ3) is 1.96. The van der Waals surface area contributed by atoms with Gasteiger partial charge in [-0.15, -0.1) is 0 Å². The highest BCUT2D eigenvalue weighted by atomic mass is 15.4. The molecule has 102 valence electrons. The lowest BCUT2D eigenvalue weighted by Crippen LogP contribution is -2.57. The summed E-state index contributed by atoms with van der Waals surface area (Å²) in [7, 11) is 0. The second-order valence-corrected chi connectivity index (χ2v) is 5.87. The molecular formula is C14H21N5. The molecule has 1 aromatic rings. The number of aromatic nitrogens is 2. The molecule has 0 aromatic carbocycles. The Labute approximate surface area is 114 Å². The Balaban J connectivity index is 1.70. The van der Waals surface area contributed by atoms with Crippen LogP contribution in [0.2, 0.25) is 0 Å². The van der Waals surface area contributed by atoms with Crippen molar-refractivity contribution in [3.63, 3.8) is 0 Å². The van der Waals surface area contributed by atoms with E-state index in [1.807, 2.05) is 0 Å². The SMILES string of the molecule is Cc1nc(C2CN3CCN2CC3)nc2c1CCNC2. The van der Waals surface area contributed by atoms with E-state index >= 15 is 0 Å². The van der Waals surface area contributed by atoms with Gasteiger partial charge in [0.25, 0.3) is 0 Å². The monoisotopic (exact) mass is 259 g/mol. The van der Waals surface area contributed by atoms with Gasteiger partial charge >= 0.3 is 0 Å². The Morgan fingerprint density at radius 2 is 2.00 bits per heavy atom. The zero-order valence-corrected chi connectivity index (χ0v) is 11.5. The summed E-state index contributed by atoms with van der Waals surface area (Å²) < 4.78 is 0. The van der Waals surface area contributed by atoms with Crippen LogP contribution in [-0.4, -0.2) is 59.0 Å². The molecular weight excluding hydrogens is 238 g/mol. The van der Waals surface area contributed by atoms with Gasteiger partial charge < -0.3 is 5.32 Å². The van der Waals surface area contributed by atoms with Crippen LogP contribution >= 0.6 is 0 Å². The topological polar surface area (TPSA) is 44.3 Å². The van der Waals surface area contributed by atoms with Crippen molar-refractivity contribution in [3.05, 3.63) is 22.8 Å². The van der Waals surface area contributed by atoms with Crippen molar-refractivity contribution in [3.8, 4) is 0 Å². The van der Waals surface area contributed by atoms with Crippen LogP contribution < -0.4 is 5.32 Å². The molecule has 3 saturated heterocycles. The maximum absolute atomic E-state index is 4.87. The third-order valence-electron chi connectivity index (χ3n) is 4.74. The van der Waals surface area contributed by atoms with Crippen LogP contribution in [0.4, 0.5) is 0 Å². The van der Waals surface area contributed by atoms with Gasteiger partial charge in [-0.25, -0.2) is 9.97 Å². The minimum absolute atomic E-state index is 0.411. The highest BCUT2D eigenvalue weighted by Crippen LogP contribution is 2.28. The predicted molar refractivity (Wildman–Crippen MR) is 72.9 cm³/mol. The number of hydrogen-bond acceptors (Lipinski definition) is 5. The molecule has 5 heteroatoms. The minimum Gasteiger partial charge on any atom is -0.311 e. The van der Waals surface area contributed by atoms with E-state index in [1.165, 1.54) is 43.1 Å². The van der Waals surface area contributed by atoms with Crippen molar-refractivity contribution in [2.75, 3.05) is 39.3 Å². The van der Waals surface area contributed by atoms with Gasteiger partial charge in [0.05, 0.1) is 11.7 Å². The molecule has 3 fully saturated rings. The summed E-state index contributed by atoms with van der Waals surface area (Å²) in [6.45, 7) is 9.97. The van der Waals surface area contributed by atoms with Gasteiger partial charge in [-0.2, -0.15) is 0 Å². The maximum atomic E-state index is 4.87. The molecule has 5 nitrogen and oxygen atoms in total. The zero-order valence-electron chi connectivity index (χ0n) is 11.5. The van der Waals surface area contributed by atoms with E-state index in [0.717, 1.165) is 31.9 Å². The van der Waals surface area contributed by atoms with Gasteiger partial charge in [0.2, 0.25) is 0 Å². The number of aryl methyl sites for hydroxylation is 1. The number of fused-ring (bicyclic) bond motifs is 4. The van der Waals surface area contributed by atoms with Gasteiger partial charge in [-0.1, -0.05) is 0 Å². The van der Waals surface area contributed by atoms with Crippen molar-refractivity contribution in [2.24, 2.45) is 0 Å².